The van der Waals surface area contributed by atoms with E-state index >= 15 is 0 Å². The van der Waals surface area contributed by atoms with Crippen molar-refractivity contribution in [2.75, 3.05) is 19.8 Å². The van der Waals surface area contributed by atoms with Crippen LogP contribution in [0.1, 0.15) is 25.3 Å². The minimum absolute atomic E-state index is 0.0547. The second kappa shape index (κ2) is 6.78. The number of hydrogen-bond donors (Lipinski definition) is 0. The average molecular weight is 345 g/mol. The van der Waals surface area contributed by atoms with E-state index in [0.717, 1.165) is 0 Å². The molecule has 110 valence electrons. The van der Waals surface area contributed by atoms with Crippen LogP contribution in [0.5, 0.6) is 0 Å². The molecule has 1 aromatic carbocycles. The van der Waals surface area contributed by atoms with Gasteiger partial charge in [0.1, 0.15) is 11.4 Å². The topological polar surface area (TPSA) is 35.5 Å². The van der Waals surface area contributed by atoms with E-state index in [1.165, 1.54) is 6.07 Å². The lowest BCUT2D eigenvalue weighted by atomic mass is 9.86. The lowest BCUT2D eigenvalue weighted by Gasteiger charge is -2.35. The first kappa shape index (κ1) is 15.6. The smallest absolute Gasteiger partial charge is 0.169 e. The quantitative estimate of drug-likeness (QED) is 0.822. The number of carbonyl (C=O) groups is 1. The molecule has 0 aliphatic carbocycles. The second-order valence-electron chi connectivity index (χ2n) is 4.88. The molecule has 0 saturated carbocycles. The Morgan fingerprint density at radius 1 is 1.45 bits per heavy atom. The maximum atomic E-state index is 13.8. The van der Waals surface area contributed by atoms with E-state index < -0.39 is 5.60 Å². The zero-order valence-electron chi connectivity index (χ0n) is 11.5. The van der Waals surface area contributed by atoms with Crippen LogP contribution in [0.2, 0.25) is 0 Å². The van der Waals surface area contributed by atoms with E-state index in [1.54, 1.807) is 12.1 Å². The third-order valence-corrected chi connectivity index (χ3v) is 4.09. The van der Waals surface area contributed by atoms with Gasteiger partial charge in [0.2, 0.25) is 0 Å². The maximum Gasteiger partial charge on any atom is 0.169 e. The Bertz CT molecular complexity index is 478. The van der Waals surface area contributed by atoms with Crippen molar-refractivity contribution in [1.82, 2.24) is 0 Å². The molecule has 5 heteroatoms. The van der Waals surface area contributed by atoms with Crippen LogP contribution in [-0.2, 0) is 20.7 Å². The molecule has 1 aliphatic rings. The third-order valence-electron chi connectivity index (χ3n) is 3.60. The highest BCUT2D eigenvalue weighted by Crippen LogP contribution is 2.28. The molecule has 0 N–H and O–H groups in total. The zero-order chi connectivity index (χ0) is 14.6. The molecule has 20 heavy (non-hydrogen) atoms. The summed E-state index contributed by atoms with van der Waals surface area (Å²) in [5.41, 5.74) is -0.407. The predicted molar refractivity (Wildman–Crippen MR) is 77.2 cm³/mol. The number of ketones is 1. The van der Waals surface area contributed by atoms with Gasteiger partial charge < -0.3 is 9.47 Å². The number of Topliss-reactive ketones (excluding diaryl/α,β-unsaturated/α-hetero) is 1. The molecule has 0 aromatic heterocycles. The highest BCUT2D eigenvalue weighted by molar-refractivity contribution is 9.10. The van der Waals surface area contributed by atoms with Crippen molar-refractivity contribution in [2.45, 2.75) is 31.8 Å². The summed E-state index contributed by atoms with van der Waals surface area (Å²) < 4.78 is 25.5. The van der Waals surface area contributed by atoms with Crippen LogP contribution in [0.3, 0.4) is 0 Å². The van der Waals surface area contributed by atoms with E-state index in [0.29, 0.717) is 42.7 Å². The Kier molecular flexibility index (Phi) is 5.29. The Labute approximate surface area is 126 Å². The summed E-state index contributed by atoms with van der Waals surface area (Å²) in [7, 11) is 0. The van der Waals surface area contributed by atoms with Crippen molar-refractivity contribution in [3.63, 3.8) is 0 Å². The number of ether oxygens (including phenoxy) is 2. The van der Waals surface area contributed by atoms with Gasteiger partial charge in [-0.15, -0.1) is 0 Å². The van der Waals surface area contributed by atoms with E-state index in [1.807, 2.05) is 6.92 Å². The van der Waals surface area contributed by atoms with Gasteiger partial charge in [0, 0.05) is 43.6 Å². The second-order valence-corrected chi connectivity index (χ2v) is 5.79. The van der Waals surface area contributed by atoms with E-state index in [9.17, 15) is 9.18 Å². The highest BCUT2D eigenvalue weighted by atomic mass is 79.9. The average Bonchev–Trinajstić information content (AvgIpc) is 2.43. The molecule has 1 saturated heterocycles. The number of rotatable bonds is 5. The first-order valence-corrected chi connectivity index (χ1v) is 7.55. The number of carbonyl (C=O) groups excluding carboxylic acids is 1. The van der Waals surface area contributed by atoms with Crippen molar-refractivity contribution in [3.05, 3.63) is 34.1 Å². The Balaban J connectivity index is 2.15. The molecular weight excluding hydrogens is 327 g/mol. The normalized spacial score (nSPS) is 17.9. The first-order valence-electron chi connectivity index (χ1n) is 6.76. The lowest BCUT2D eigenvalue weighted by Crippen LogP contribution is -2.47. The van der Waals surface area contributed by atoms with Crippen molar-refractivity contribution in [1.29, 1.82) is 0 Å². The fourth-order valence-corrected chi connectivity index (χ4v) is 2.81. The van der Waals surface area contributed by atoms with Crippen LogP contribution in [0.4, 0.5) is 4.39 Å². The van der Waals surface area contributed by atoms with Gasteiger partial charge in [0.25, 0.3) is 0 Å². The van der Waals surface area contributed by atoms with Gasteiger partial charge in [-0.1, -0.05) is 22.0 Å². The number of halogens is 2. The van der Waals surface area contributed by atoms with Gasteiger partial charge in [-0.05, 0) is 24.6 Å². The maximum absolute atomic E-state index is 13.8. The number of benzene rings is 1. The van der Waals surface area contributed by atoms with Gasteiger partial charge in [-0.25, -0.2) is 4.39 Å². The minimum atomic E-state index is -0.813. The van der Waals surface area contributed by atoms with Crippen molar-refractivity contribution in [2.24, 2.45) is 0 Å². The molecule has 0 spiro atoms. The van der Waals surface area contributed by atoms with Crippen LogP contribution in [0.15, 0.2) is 22.7 Å². The fourth-order valence-electron chi connectivity index (χ4n) is 2.48. The molecule has 1 aromatic rings. The first-order chi connectivity index (χ1) is 9.57. The Morgan fingerprint density at radius 2 is 2.15 bits per heavy atom. The number of hydrogen-bond acceptors (Lipinski definition) is 3. The SMILES string of the molecule is CCOC1(C(=O)Cc2ccc(Br)cc2F)CCOCC1. The predicted octanol–water partition coefficient (Wildman–Crippen LogP) is 3.29. The largest absolute Gasteiger partial charge is 0.381 e. The molecule has 0 bridgehead atoms. The van der Waals surface area contributed by atoms with Crippen LogP contribution in [-0.4, -0.2) is 31.2 Å². The van der Waals surface area contributed by atoms with Crippen molar-refractivity contribution in [3.8, 4) is 0 Å². The van der Waals surface area contributed by atoms with Gasteiger partial charge in [0.05, 0.1) is 0 Å². The van der Waals surface area contributed by atoms with E-state index in [2.05, 4.69) is 15.9 Å². The molecule has 2 rings (SSSR count). The monoisotopic (exact) mass is 344 g/mol. The molecule has 0 unspecified atom stereocenters. The van der Waals surface area contributed by atoms with Gasteiger partial charge in [-0.3, -0.25) is 4.79 Å². The van der Waals surface area contributed by atoms with Crippen LogP contribution < -0.4 is 0 Å². The summed E-state index contributed by atoms with van der Waals surface area (Å²) >= 11 is 3.21. The summed E-state index contributed by atoms with van der Waals surface area (Å²) in [6, 6.07) is 4.75. The molecule has 0 radical (unpaired) electrons. The summed E-state index contributed by atoms with van der Waals surface area (Å²) in [6.45, 7) is 3.35. The minimum Gasteiger partial charge on any atom is -0.381 e. The van der Waals surface area contributed by atoms with E-state index in [4.69, 9.17) is 9.47 Å². The summed E-state index contributed by atoms with van der Waals surface area (Å²) in [4.78, 5) is 12.6. The van der Waals surface area contributed by atoms with Crippen molar-refractivity contribution >= 4 is 21.7 Å². The third kappa shape index (κ3) is 3.45. The summed E-state index contributed by atoms with van der Waals surface area (Å²) in [5, 5.41) is 0. The van der Waals surface area contributed by atoms with Gasteiger partial charge >= 0.3 is 0 Å². The van der Waals surface area contributed by atoms with Crippen LogP contribution >= 0.6 is 15.9 Å². The molecule has 0 amide bonds. The van der Waals surface area contributed by atoms with Crippen molar-refractivity contribution < 1.29 is 18.7 Å². The molecule has 1 fully saturated rings. The lowest BCUT2D eigenvalue weighted by molar-refractivity contribution is -0.156. The highest BCUT2D eigenvalue weighted by Gasteiger charge is 2.40. The molecule has 1 heterocycles. The molecule has 0 atom stereocenters. The molecular formula is C15H18BrFO3. The Hall–Kier alpha value is -0.780. The van der Waals surface area contributed by atoms with Gasteiger partial charge in [0.15, 0.2) is 5.78 Å². The molecule has 1 aliphatic heterocycles. The van der Waals surface area contributed by atoms with Gasteiger partial charge in [-0.2, -0.15) is 0 Å². The van der Waals surface area contributed by atoms with E-state index in [-0.39, 0.29) is 18.0 Å². The summed E-state index contributed by atoms with van der Waals surface area (Å²) in [6.07, 6.45) is 1.13. The zero-order valence-corrected chi connectivity index (χ0v) is 13.0. The fraction of sp³-hybridized carbons (Fsp3) is 0.533. The van der Waals surface area contributed by atoms with Crippen LogP contribution in [0, 0.1) is 5.82 Å². The summed E-state index contributed by atoms with van der Waals surface area (Å²) in [5.74, 6) is -0.435. The van der Waals surface area contributed by atoms with Crippen LogP contribution in [0.25, 0.3) is 0 Å². The Morgan fingerprint density at radius 3 is 2.75 bits per heavy atom. The standard InChI is InChI=1S/C15H18BrFO3/c1-2-20-15(5-7-19-8-6-15)14(18)9-11-3-4-12(16)10-13(11)17/h3-4,10H,2,5-9H2,1H3. The molecule has 3 nitrogen and oxygen atoms in total.